The average Bonchev–Trinajstić information content (AvgIpc) is 3.43. The predicted molar refractivity (Wildman–Crippen MR) is 128 cm³/mol. The number of allylic oxidation sites excluding steroid dienone is 3. The number of aromatic nitrogens is 6. The van der Waals surface area contributed by atoms with Crippen molar-refractivity contribution in [2.45, 2.75) is 33.1 Å². The van der Waals surface area contributed by atoms with Gasteiger partial charge < -0.3 is 9.88 Å². The van der Waals surface area contributed by atoms with E-state index in [-0.39, 0.29) is 0 Å². The van der Waals surface area contributed by atoms with E-state index in [2.05, 4.69) is 79.2 Å². The van der Waals surface area contributed by atoms with E-state index in [1.54, 1.807) is 12.4 Å². The Bertz CT molecular complexity index is 1270. The summed E-state index contributed by atoms with van der Waals surface area (Å²) in [5, 5.41) is 8.59. The summed E-state index contributed by atoms with van der Waals surface area (Å²) in [4.78, 5) is 18.9. The van der Waals surface area contributed by atoms with Crippen LogP contribution in [-0.4, -0.2) is 48.1 Å². The van der Waals surface area contributed by atoms with E-state index in [9.17, 15) is 0 Å². The summed E-state index contributed by atoms with van der Waals surface area (Å²) in [6, 6.07) is 4.32. The van der Waals surface area contributed by atoms with E-state index in [1.807, 2.05) is 6.20 Å². The Balaban J connectivity index is 1.57. The number of aromatic amines is 2. The number of nitrogens with one attached hydrogen (secondary N) is 2. The van der Waals surface area contributed by atoms with Crippen molar-refractivity contribution in [3.8, 4) is 22.5 Å². The van der Waals surface area contributed by atoms with Crippen molar-refractivity contribution in [2.75, 3.05) is 13.1 Å². The monoisotopic (exact) mass is 425 g/mol. The second-order valence-corrected chi connectivity index (χ2v) is 8.17. The fourth-order valence-corrected chi connectivity index (χ4v) is 4.36. The van der Waals surface area contributed by atoms with Gasteiger partial charge >= 0.3 is 0 Å². The molecule has 0 radical (unpaired) electrons. The molecule has 5 heterocycles. The van der Waals surface area contributed by atoms with Crippen LogP contribution in [0.25, 0.3) is 39.2 Å². The first-order valence-corrected chi connectivity index (χ1v) is 11.1. The third-order valence-electron chi connectivity index (χ3n) is 6.01. The van der Waals surface area contributed by atoms with Crippen LogP contribution < -0.4 is 0 Å². The van der Waals surface area contributed by atoms with Gasteiger partial charge in [-0.15, -0.1) is 0 Å². The van der Waals surface area contributed by atoms with Gasteiger partial charge in [0.05, 0.1) is 11.4 Å². The molecule has 0 unspecified atom stereocenters. The van der Waals surface area contributed by atoms with Crippen molar-refractivity contribution < 1.29 is 0 Å². The first-order valence-electron chi connectivity index (χ1n) is 11.1. The zero-order chi connectivity index (χ0) is 21.9. The maximum Gasteiger partial charge on any atom is 0.181 e. The number of aryl methyl sites for hydroxylation is 1. The lowest BCUT2D eigenvalue weighted by Crippen LogP contribution is -2.28. The van der Waals surface area contributed by atoms with Gasteiger partial charge in [0.15, 0.2) is 5.65 Å². The SMILES string of the molecule is C/C=C\C=C(/c1cc(-c2[nH]nc3ncc(-c4cncnc4)cc23)[nH]c1C)N1CCCCC1. The normalized spacial score (nSPS) is 15.2. The summed E-state index contributed by atoms with van der Waals surface area (Å²) < 4.78 is 0. The van der Waals surface area contributed by atoms with Gasteiger partial charge in [0.25, 0.3) is 0 Å². The lowest BCUT2D eigenvalue weighted by atomic mass is 10.1. The van der Waals surface area contributed by atoms with Crippen LogP contribution in [0.1, 0.15) is 37.4 Å². The third-order valence-corrected chi connectivity index (χ3v) is 6.01. The van der Waals surface area contributed by atoms with Crippen molar-refractivity contribution in [1.29, 1.82) is 0 Å². The second-order valence-electron chi connectivity index (χ2n) is 8.17. The van der Waals surface area contributed by atoms with Gasteiger partial charge in [0.1, 0.15) is 6.33 Å². The molecule has 0 atom stereocenters. The number of hydrogen-bond acceptors (Lipinski definition) is 5. The highest BCUT2D eigenvalue weighted by molar-refractivity contribution is 5.93. The molecule has 0 aromatic carbocycles. The molecule has 1 fully saturated rings. The highest BCUT2D eigenvalue weighted by Crippen LogP contribution is 2.33. The number of H-pyrrole nitrogens is 2. The summed E-state index contributed by atoms with van der Waals surface area (Å²) in [5.41, 5.74) is 8.16. The Labute approximate surface area is 187 Å². The highest BCUT2D eigenvalue weighted by atomic mass is 15.2. The lowest BCUT2D eigenvalue weighted by Gasteiger charge is -2.31. The van der Waals surface area contributed by atoms with E-state index < -0.39 is 0 Å². The Morgan fingerprint density at radius 2 is 1.84 bits per heavy atom. The zero-order valence-corrected chi connectivity index (χ0v) is 18.5. The molecule has 7 nitrogen and oxygen atoms in total. The van der Waals surface area contributed by atoms with E-state index in [4.69, 9.17) is 0 Å². The number of nitrogens with zero attached hydrogens (tertiary/aromatic N) is 5. The van der Waals surface area contributed by atoms with Crippen LogP contribution in [0.15, 0.2) is 55.3 Å². The fourth-order valence-electron chi connectivity index (χ4n) is 4.36. The van der Waals surface area contributed by atoms with Crippen LogP contribution >= 0.6 is 0 Å². The van der Waals surface area contributed by atoms with Crippen molar-refractivity contribution in [3.63, 3.8) is 0 Å². The van der Waals surface area contributed by atoms with Crippen molar-refractivity contribution >= 4 is 16.7 Å². The van der Waals surface area contributed by atoms with Gasteiger partial charge in [0, 0.05) is 65.1 Å². The van der Waals surface area contributed by atoms with Crippen LogP contribution in [0.5, 0.6) is 0 Å². The second kappa shape index (κ2) is 8.78. The Kier molecular flexibility index (Phi) is 5.54. The molecule has 1 aliphatic rings. The minimum atomic E-state index is 0.690. The predicted octanol–water partition coefficient (Wildman–Crippen LogP) is 5.12. The van der Waals surface area contributed by atoms with Gasteiger partial charge in [-0.25, -0.2) is 15.0 Å². The highest BCUT2D eigenvalue weighted by Gasteiger charge is 2.20. The summed E-state index contributed by atoms with van der Waals surface area (Å²) in [6.45, 7) is 6.39. The molecule has 0 spiro atoms. The summed E-state index contributed by atoms with van der Waals surface area (Å²) >= 11 is 0. The molecule has 4 aromatic heterocycles. The van der Waals surface area contributed by atoms with Crippen molar-refractivity contribution in [1.82, 2.24) is 35.0 Å². The molecule has 1 saturated heterocycles. The number of fused-ring (bicyclic) bond motifs is 1. The molecule has 0 bridgehead atoms. The number of hydrogen-bond donors (Lipinski definition) is 2. The van der Waals surface area contributed by atoms with Crippen molar-refractivity contribution in [2.24, 2.45) is 0 Å². The van der Waals surface area contributed by atoms with E-state index in [0.717, 1.165) is 46.7 Å². The maximum atomic E-state index is 4.54. The minimum absolute atomic E-state index is 0.690. The van der Waals surface area contributed by atoms with E-state index in [1.165, 1.54) is 36.9 Å². The average molecular weight is 426 g/mol. The molecule has 162 valence electrons. The standard InChI is InChI=1S/C25H27N7/c1-3-4-8-23(32-9-6-5-7-10-32)20-12-22(29-17(20)2)24-21-11-18(15-28-25(21)31-30-24)19-13-26-16-27-14-19/h3-4,8,11-16,29H,5-7,9-10H2,1-2H3,(H,28,30,31)/b4-3-,23-8+. The largest absolute Gasteiger partial charge is 0.371 e. The van der Waals surface area contributed by atoms with Gasteiger partial charge in [-0.2, -0.15) is 5.10 Å². The molecule has 5 rings (SSSR count). The van der Waals surface area contributed by atoms with Crippen molar-refractivity contribution in [3.05, 3.63) is 66.5 Å². The Morgan fingerprint density at radius 3 is 2.62 bits per heavy atom. The summed E-state index contributed by atoms with van der Waals surface area (Å²) in [7, 11) is 0. The fraction of sp³-hybridized carbons (Fsp3) is 0.280. The summed E-state index contributed by atoms with van der Waals surface area (Å²) in [5.74, 6) is 0. The first kappa shape index (κ1) is 20.2. The third kappa shape index (κ3) is 3.82. The number of piperidine rings is 1. The topological polar surface area (TPSA) is 86.4 Å². The van der Waals surface area contributed by atoms with E-state index in [0.29, 0.717) is 5.65 Å². The number of pyridine rings is 1. The number of likely N-dealkylation sites (tertiary alicyclic amines) is 1. The molecule has 1 aliphatic heterocycles. The van der Waals surface area contributed by atoms with E-state index >= 15 is 0 Å². The number of rotatable bonds is 5. The molecular weight excluding hydrogens is 398 g/mol. The molecule has 0 amide bonds. The molecule has 4 aromatic rings. The Hall–Kier alpha value is -3.74. The van der Waals surface area contributed by atoms with Crippen LogP contribution in [0, 0.1) is 6.92 Å². The van der Waals surface area contributed by atoms with Crippen LogP contribution in [0.2, 0.25) is 0 Å². The quantitative estimate of drug-likeness (QED) is 0.433. The lowest BCUT2D eigenvalue weighted by molar-refractivity contribution is 0.326. The smallest absolute Gasteiger partial charge is 0.181 e. The van der Waals surface area contributed by atoms with Gasteiger partial charge in [-0.3, -0.25) is 5.10 Å². The first-order chi connectivity index (χ1) is 15.7. The molecule has 32 heavy (non-hydrogen) atoms. The van der Waals surface area contributed by atoms with Crippen LogP contribution in [-0.2, 0) is 0 Å². The Morgan fingerprint density at radius 1 is 1.03 bits per heavy atom. The molecule has 2 N–H and O–H groups in total. The molecule has 0 aliphatic carbocycles. The molecule has 7 heteroatoms. The summed E-state index contributed by atoms with van der Waals surface area (Å²) in [6.07, 6.45) is 17.2. The molecule has 0 saturated carbocycles. The zero-order valence-electron chi connectivity index (χ0n) is 18.5. The van der Waals surface area contributed by atoms with Gasteiger partial charge in [-0.05, 0) is 51.3 Å². The van der Waals surface area contributed by atoms with Gasteiger partial charge in [0.2, 0.25) is 0 Å². The van der Waals surface area contributed by atoms with Crippen LogP contribution in [0.3, 0.4) is 0 Å². The molecular formula is C25H27N7. The minimum Gasteiger partial charge on any atom is -0.371 e. The van der Waals surface area contributed by atoms with Gasteiger partial charge in [-0.1, -0.05) is 12.2 Å². The van der Waals surface area contributed by atoms with Crippen LogP contribution in [0.4, 0.5) is 0 Å². The maximum absolute atomic E-state index is 4.54.